The van der Waals surface area contributed by atoms with Crippen molar-refractivity contribution >= 4 is 39.5 Å². The minimum absolute atomic E-state index is 0.588. The van der Waals surface area contributed by atoms with Crippen LogP contribution in [0.4, 0.5) is 5.82 Å². The third-order valence-electron chi connectivity index (χ3n) is 2.50. The topological polar surface area (TPSA) is 48.0 Å². The van der Waals surface area contributed by atoms with Crippen LogP contribution in [0.2, 0.25) is 5.02 Å². The maximum Gasteiger partial charge on any atom is 0.165 e. The van der Waals surface area contributed by atoms with Crippen LogP contribution in [-0.4, -0.2) is 22.3 Å². The Morgan fingerprint density at radius 3 is 2.82 bits per heavy atom. The predicted molar refractivity (Wildman–Crippen MR) is 73.2 cm³/mol. The monoisotopic (exact) mass is 268 g/mol. The number of benzene rings is 1. The molecule has 1 aromatic heterocycles. The molecule has 1 N–H and O–H groups in total. The van der Waals surface area contributed by atoms with Gasteiger partial charge in [0, 0.05) is 18.1 Å². The van der Waals surface area contributed by atoms with Gasteiger partial charge in [-0.2, -0.15) is 0 Å². The van der Waals surface area contributed by atoms with Gasteiger partial charge in [0.25, 0.3) is 0 Å². The lowest BCUT2D eigenvalue weighted by atomic mass is 10.2. The second kappa shape index (κ2) is 5.12. The number of hydrogen-bond acceptors (Lipinski definition) is 3. The highest BCUT2D eigenvalue weighted by Gasteiger charge is 2.15. The summed E-state index contributed by atoms with van der Waals surface area (Å²) in [5, 5.41) is 4.50. The highest BCUT2D eigenvalue weighted by atomic mass is 35.5. The van der Waals surface area contributed by atoms with Gasteiger partial charge in [0.1, 0.15) is 11.6 Å². The van der Waals surface area contributed by atoms with Crippen LogP contribution < -0.4 is 5.32 Å². The van der Waals surface area contributed by atoms with E-state index in [1.807, 2.05) is 19.1 Å². The number of fused-ring (bicyclic) bond motifs is 1. The van der Waals surface area contributed by atoms with Crippen LogP contribution in [-0.2, 0) is 11.2 Å². The van der Waals surface area contributed by atoms with Gasteiger partial charge < -0.3 is 9.87 Å². The first-order valence-electron chi connectivity index (χ1n) is 5.32. The molecule has 2 aromatic rings. The fraction of sp³-hybridized carbons (Fsp3) is 0.250. The van der Waals surface area contributed by atoms with Crippen molar-refractivity contribution in [2.45, 2.75) is 11.8 Å². The molecule has 0 spiro atoms. The number of halogens is 1. The molecule has 0 fully saturated rings. The second-order valence-electron chi connectivity index (χ2n) is 3.55. The molecule has 0 amide bonds. The van der Waals surface area contributed by atoms with Crippen molar-refractivity contribution in [1.29, 1.82) is 0 Å². The van der Waals surface area contributed by atoms with Gasteiger partial charge in [-0.25, -0.2) is 4.98 Å². The van der Waals surface area contributed by atoms with Crippen LogP contribution in [0.15, 0.2) is 29.2 Å². The fourth-order valence-electron chi connectivity index (χ4n) is 1.64. The SMILES string of the molecule is CC[S+]([O-])c1cc(NC)nc2cc(Cl)ccc12. The molecule has 1 unspecified atom stereocenters. The molecule has 1 atom stereocenters. The molecule has 17 heavy (non-hydrogen) atoms. The van der Waals surface area contributed by atoms with Gasteiger partial charge in [-0.15, -0.1) is 0 Å². The van der Waals surface area contributed by atoms with Crippen LogP contribution in [0.5, 0.6) is 0 Å². The number of rotatable bonds is 3. The van der Waals surface area contributed by atoms with E-state index in [-0.39, 0.29) is 0 Å². The molecular weight excluding hydrogens is 256 g/mol. The third-order valence-corrected chi connectivity index (χ3v) is 4.09. The molecule has 1 aromatic carbocycles. The Labute approximate surface area is 108 Å². The number of aromatic nitrogens is 1. The van der Waals surface area contributed by atoms with Crippen molar-refractivity contribution in [3.8, 4) is 0 Å². The second-order valence-corrected chi connectivity index (χ2v) is 5.70. The fourth-order valence-corrected chi connectivity index (χ4v) is 2.78. The van der Waals surface area contributed by atoms with Crippen molar-refractivity contribution in [1.82, 2.24) is 4.98 Å². The summed E-state index contributed by atoms with van der Waals surface area (Å²) in [5.74, 6) is 1.29. The minimum atomic E-state index is -1.01. The van der Waals surface area contributed by atoms with Gasteiger partial charge in [-0.05, 0) is 36.3 Å². The molecule has 0 aliphatic heterocycles. The average Bonchev–Trinajstić information content (AvgIpc) is 2.35. The molecular formula is C12H13ClN2OS. The van der Waals surface area contributed by atoms with Gasteiger partial charge in [0.2, 0.25) is 0 Å². The van der Waals surface area contributed by atoms with E-state index >= 15 is 0 Å². The zero-order valence-electron chi connectivity index (χ0n) is 9.66. The summed E-state index contributed by atoms with van der Waals surface area (Å²) in [4.78, 5) is 5.21. The molecule has 0 bridgehead atoms. The van der Waals surface area contributed by atoms with Gasteiger partial charge >= 0.3 is 0 Å². The molecule has 0 saturated carbocycles. The van der Waals surface area contributed by atoms with Crippen LogP contribution in [0.1, 0.15) is 6.92 Å². The molecule has 0 aliphatic carbocycles. The van der Waals surface area contributed by atoms with E-state index in [1.165, 1.54) is 0 Å². The number of anilines is 1. The van der Waals surface area contributed by atoms with E-state index in [0.717, 1.165) is 15.8 Å². The lowest BCUT2D eigenvalue weighted by molar-refractivity contribution is 0.597. The summed E-state index contributed by atoms with van der Waals surface area (Å²) in [6.45, 7) is 1.90. The predicted octanol–water partition coefficient (Wildman–Crippen LogP) is 3.06. The molecule has 2 rings (SSSR count). The smallest absolute Gasteiger partial charge is 0.165 e. The Kier molecular flexibility index (Phi) is 3.76. The van der Waals surface area contributed by atoms with Gasteiger partial charge in [0.15, 0.2) is 4.90 Å². The van der Waals surface area contributed by atoms with E-state index in [0.29, 0.717) is 16.6 Å². The quantitative estimate of drug-likeness (QED) is 0.871. The van der Waals surface area contributed by atoms with Gasteiger partial charge in [-0.1, -0.05) is 11.6 Å². The maximum atomic E-state index is 12.0. The minimum Gasteiger partial charge on any atom is -0.611 e. The standard InChI is InChI=1S/C12H13ClN2OS/c1-3-17(16)11-7-12(14-2)15-10-6-8(13)4-5-9(10)11/h4-7H,3H2,1-2H3,(H,14,15). The Morgan fingerprint density at radius 2 is 2.18 bits per heavy atom. The summed E-state index contributed by atoms with van der Waals surface area (Å²) in [6, 6.07) is 7.28. The zero-order chi connectivity index (χ0) is 12.4. The van der Waals surface area contributed by atoms with Crippen molar-refractivity contribution in [2.24, 2.45) is 0 Å². The molecule has 0 aliphatic rings. The van der Waals surface area contributed by atoms with Crippen LogP contribution >= 0.6 is 11.6 Å². The highest BCUT2D eigenvalue weighted by Crippen LogP contribution is 2.27. The summed E-state index contributed by atoms with van der Waals surface area (Å²) in [6.07, 6.45) is 0. The van der Waals surface area contributed by atoms with Crippen LogP contribution in [0, 0.1) is 0 Å². The van der Waals surface area contributed by atoms with E-state index in [2.05, 4.69) is 10.3 Å². The van der Waals surface area contributed by atoms with Gasteiger partial charge in [-0.3, -0.25) is 0 Å². The first-order valence-corrected chi connectivity index (χ1v) is 7.02. The maximum absolute atomic E-state index is 12.0. The van der Waals surface area contributed by atoms with Crippen molar-refractivity contribution in [3.63, 3.8) is 0 Å². The number of nitrogens with one attached hydrogen (secondary N) is 1. The Bertz CT molecular complexity index is 547. The van der Waals surface area contributed by atoms with Crippen LogP contribution in [0.25, 0.3) is 10.9 Å². The summed E-state index contributed by atoms with van der Waals surface area (Å²) in [7, 11) is 1.79. The van der Waals surface area contributed by atoms with Gasteiger partial charge in [0.05, 0.1) is 10.9 Å². The van der Waals surface area contributed by atoms with E-state index in [4.69, 9.17) is 11.6 Å². The number of hydrogen-bond donors (Lipinski definition) is 1. The lowest BCUT2D eigenvalue weighted by Gasteiger charge is -2.12. The Hall–Kier alpha value is -0.970. The number of nitrogens with zero attached hydrogens (tertiary/aromatic N) is 1. The molecule has 1 heterocycles. The van der Waals surface area contributed by atoms with Crippen molar-refractivity contribution in [3.05, 3.63) is 29.3 Å². The van der Waals surface area contributed by atoms with Crippen molar-refractivity contribution < 1.29 is 4.55 Å². The summed E-state index contributed by atoms with van der Waals surface area (Å²) >= 11 is 4.94. The van der Waals surface area contributed by atoms with E-state index in [9.17, 15) is 4.55 Å². The summed E-state index contributed by atoms with van der Waals surface area (Å²) < 4.78 is 12.0. The lowest BCUT2D eigenvalue weighted by Crippen LogP contribution is -2.06. The molecule has 5 heteroatoms. The molecule has 90 valence electrons. The zero-order valence-corrected chi connectivity index (χ0v) is 11.2. The van der Waals surface area contributed by atoms with E-state index < -0.39 is 11.2 Å². The van der Waals surface area contributed by atoms with E-state index in [1.54, 1.807) is 19.2 Å². The third kappa shape index (κ3) is 2.49. The Balaban J connectivity index is 2.71. The van der Waals surface area contributed by atoms with Crippen molar-refractivity contribution in [2.75, 3.05) is 18.1 Å². The Morgan fingerprint density at radius 1 is 1.41 bits per heavy atom. The molecule has 0 radical (unpaired) electrons. The largest absolute Gasteiger partial charge is 0.611 e. The first-order chi connectivity index (χ1) is 8.15. The average molecular weight is 269 g/mol. The highest BCUT2D eigenvalue weighted by molar-refractivity contribution is 7.91. The summed E-state index contributed by atoms with van der Waals surface area (Å²) in [5.41, 5.74) is 0.765. The molecule has 0 saturated heterocycles. The van der Waals surface area contributed by atoms with Crippen LogP contribution in [0.3, 0.4) is 0 Å². The first kappa shape index (κ1) is 12.5. The normalized spacial score (nSPS) is 12.7. The number of pyridine rings is 1. The molecule has 3 nitrogen and oxygen atoms in total.